The van der Waals surface area contributed by atoms with Crippen molar-refractivity contribution >= 4 is 29.3 Å². The summed E-state index contributed by atoms with van der Waals surface area (Å²) < 4.78 is 0. The number of carbonyl (C=O) groups is 1. The van der Waals surface area contributed by atoms with Gasteiger partial charge in [-0.3, -0.25) is 4.79 Å². The molecule has 0 aromatic heterocycles. The van der Waals surface area contributed by atoms with Crippen LogP contribution in [0.4, 0.5) is 0 Å². The zero-order valence-electron chi connectivity index (χ0n) is 9.52. The Hall–Kier alpha value is -1.18. The number of halogens is 1. The van der Waals surface area contributed by atoms with Crippen molar-refractivity contribution in [2.75, 3.05) is 18.6 Å². The Morgan fingerprint density at radius 3 is 3.00 bits per heavy atom. The molecule has 0 spiro atoms. The van der Waals surface area contributed by atoms with Crippen LogP contribution in [0.3, 0.4) is 0 Å². The summed E-state index contributed by atoms with van der Waals surface area (Å²) in [7, 11) is 1.75. The summed E-state index contributed by atoms with van der Waals surface area (Å²) in [6.45, 7) is 0.534. The fraction of sp³-hybridized carbons (Fsp3) is 0.333. The fourth-order valence-corrected chi connectivity index (χ4v) is 2.09. The van der Waals surface area contributed by atoms with Crippen molar-refractivity contribution in [1.29, 1.82) is 5.26 Å². The smallest absolute Gasteiger partial charge is 0.232 e. The number of hydrogen-bond donors (Lipinski definition) is 0. The summed E-state index contributed by atoms with van der Waals surface area (Å²) in [6, 6.07) is 9.43. The van der Waals surface area contributed by atoms with E-state index in [1.165, 1.54) is 11.8 Å². The van der Waals surface area contributed by atoms with E-state index < -0.39 is 0 Å². The molecule has 1 aromatic carbocycles. The lowest BCUT2D eigenvalue weighted by atomic mass is 10.2. The van der Waals surface area contributed by atoms with Crippen molar-refractivity contribution in [2.45, 2.75) is 6.54 Å². The number of hydrogen-bond acceptors (Lipinski definition) is 3. The average Bonchev–Trinajstić information content (AvgIpc) is 2.29. The van der Waals surface area contributed by atoms with Gasteiger partial charge < -0.3 is 4.90 Å². The molecule has 0 N–H and O–H groups in total. The van der Waals surface area contributed by atoms with Crippen LogP contribution in [0.2, 0.25) is 5.02 Å². The molecule has 0 saturated carbocycles. The van der Waals surface area contributed by atoms with Gasteiger partial charge in [-0.25, -0.2) is 0 Å². The SMILES string of the molecule is CN(Cc1cccc(Cl)c1)C(=O)CSCC#N. The Morgan fingerprint density at radius 1 is 1.59 bits per heavy atom. The molecule has 0 aliphatic carbocycles. The first-order valence-electron chi connectivity index (χ1n) is 5.06. The van der Waals surface area contributed by atoms with E-state index in [0.29, 0.717) is 23.1 Å². The van der Waals surface area contributed by atoms with Crippen LogP contribution in [0.1, 0.15) is 5.56 Å². The van der Waals surface area contributed by atoms with Gasteiger partial charge in [0.1, 0.15) is 0 Å². The maximum Gasteiger partial charge on any atom is 0.232 e. The summed E-state index contributed by atoms with van der Waals surface area (Å²) in [6.07, 6.45) is 0. The minimum Gasteiger partial charge on any atom is -0.341 e. The van der Waals surface area contributed by atoms with Gasteiger partial charge in [-0.05, 0) is 17.7 Å². The van der Waals surface area contributed by atoms with E-state index in [4.69, 9.17) is 16.9 Å². The molecule has 0 bridgehead atoms. The Bertz CT molecular complexity index is 431. The first kappa shape index (κ1) is 13.9. The molecule has 3 nitrogen and oxygen atoms in total. The van der Waals surface area contributed by atoms with Crippen molar-refractivity contribution in [3.63, 3.8) is 0 Å². The predicted molar refractivity (Wildman–Crippen MR) is 70.9 cm³/mol. The molecule has 0 unspecified atom stereocenters. The molecule has 0 saturated heterocycles. The third kappa shape index (κ3) is 5.12. The van der Waals surface area contributed by atoms with Gasteiger partial charge in [0.15, 0.2) is 0 Å². The second kappa shape index (κ2) is 7.21. The second-order valence-corrected chi connectivity index (χ2v) is 4.95. The van der Waals surface area contributed by atoms with Crippen LogP contribution in [0, 0.1) is 11.3 Å². The van der Waals surface area contributed by atoms with Crippen LogP contribution in [-0.2, 0) is 11.3 Å². The van der Waals surface area contributed by atoms with Crippen molar-refractivity contribution in [2.24, 2.45) is 0 Å². The van der Waals surface area contributed by atoms with Crippen LogP contribution in [0.25, 0.3) is 0 Å². The van der Waals surface area contributed by atoms with Gasteiger partial charge in [-0.2, -0.15) is 5.26 Å². The average molecular weight is 269 g/mol. The van der Waals surface area contributed by atoms with E-state index in [2.05, 4.69) is 0 Å². The Kier molecular flexibility index (Phi) is 5.88. The third-order valence-electron chi connectivity index (χ3n) is 2.13. The number of thioether (sulfide) groups is 1. The van der Waals surface area contributed by atoms with Crippen LogP contribution < -0.4 is 0 Å². The zero-order valence-corrected chi connectivity index (χ0v) is 11.1. The highest BCUT2D eigenvalue weighted by Crippen LogP contribution is 2.12. The summed E-state index contributed by atoms with van der Waals surface area (Å²) in [4.78, 5) is 13.3. The van der Waals surface area contributed by atoms with Gasteiger partial charge in [-0.1, -0.05) is 23.7 Å². The predicted octanol–water partition coefficient (Wildman–Crippen LogP) is 2.56. The molecule has 0 fully saturated rings. The second-order valence-electron chi connectivity index (χ2n) is 3.53. The van der Waals surface area contributed by atoms with E-state index in [-0.39, 0.29) is 5.91 Å². The van der Waals surface area contributed by atoms with Crippen molar-refractivity contribution in [1.82, 2.24) is 4.90 Å². The monoisotopic (exact) mass is 268 g/mol. The molecule has 0 radical (unpaired) electrons. The molecule has 1 aromatic rings. The van der Waals surface area contributed by atoms with E-state index in [1.807, 2.05) is 24.3 Å². The van der Waals surface area contributed by atoms with Crippen LogP contribution in [-0.4, -0.2) is 29.4 Å². The van der Waals surface area contributed by atoms with Crippen molar-refractivity contribution in [3.8, 4) is 6.07 Å². The third-order valence-corrected chi connectivity index (χ3v) is 3.15. The van der Waals surface area contributed by atoms with Gasteiger partial charge >= 0.3 is 0 Å². The largest absolute Gasteiger partial charge is 0.341 e. The first-order valence-corrected chi connectivity index (χ1v) is 6.60. The van der Waals surface area contributed by atoms with Gasteiger partial charge in [-0.15, -0.1) is 11.8 Å². The highest BCUT2D eigenvalue weighted by Gasteiger charge is 2.09. The highest BCUT2D eigenvalue weighted by atomic mass is 35.5. The van der Waals surface area contributed by atoms with Crippen LogP contribution >= 0.6 is 23.4 Å². The Balaban J connectivity index is 2.46. The number of nitrogens with zero attached hydrogens (tertiary/aromatic N) is 2. The molecule has 0 aliphatic heterocycles. The molecular weight excluding hydrogens is 256 g/mol. The van der Waals surface area contributed by atoms with Crippen LogP contribution in [0.15, 0.2) is 24.3 Å². The number of rotatable bonds is 5. The summed E-state index contributed by atoms with van der Waals surface area (Å²) >= 11 is 7.19. The lowest BCUT2D eigenvalue weighted by Gasteiger charge is -2.16. The zero-order chi connectivity index (χ0) is 12.7. The van der Waals surface area contributed by atoms with Gasteiger partial charge in [0.2, 0.25) is 5.91 Å². The summed E-state index contributed by atoms with van der Waals surface area (Å²) in [5.41, 5.74) is 0.999. The molecule has 5 heteroatoms. The first-order chi connectivity index (χ1) is 8.13. The van der Waals surface area contributed by atoms with E-state index >= 15 is 0 Å². The lowest BCUT2D eigenvalue weighted by Crippen LogP contribution is -2.27. The number of benzene rings is 1. The maximum absolute atomic E-state index is 11.7. The molecular formula is C12H13ClN2OS. The fourth-order valence-electron chi connectivity index (χ4n) is 1.29. The number of nitriles is 1. The minimum absolute atomic E-state index is 0.0187. The molecule has 17 heavy (non-hydrogen) atoms. The van der Waals surface area contributed by atoms with E-state index in [0.717, 1.165) is 5.56 Å². The van der Waals surface area contributed by atoms with Gasteiger partial charge in [0.05, 0.1) is 17.6 Å². The molecule has 90 valence electrons. The standard InChI is InChI=1S/C12H13ClN2OS/c1-15(12(16)9-17-6-5-14)8-10-3-2-4-11(13)7-10/h2-4,7H,6,8-9H2,1H3. The minimum atomic E-state index is 0.0187. The van der Waals surface area contributed by atoms with E-state index in [9.17, 15) is 4.79 Å². The van der Waals surface area contributed by atoms with Gasteiger partial charge in [0.25, 0.3) is 0 Å². The summed E-state index contributed by atoms with van der Waals surface area (Å²) in [5.74, 6) is 0.701. The summed E-state index contributed by atoms with van der Waals surface area (Å²) in [5, 5.41) is 9.04. The van der Waals surface area contributed by atoms with Gasteiger partial charge in [0, 0.05) is 18.6 Å². The van der Waals surface area contributed by atoms with Crippen molar-refractivity contribution in [3.05, 3.63) is 34.9 Å². The molecule has 0 aliphatic rings. The molecule has 1 amide bonds. The molecule has 1 rings (SSSR count). The number of amides is 1. The maximum atomic E-state index is 11.7. The Labute approximate surface area is 110 Å². The normalized spacial score (nSPS) is 9.71. The van der Waals surface area contributed by atoms with E-state index in [1.54, 1.807) is 18.0 Å². The van der Waals surface area contributed by atoms with Crippen molar-refractivity contribution < 1.29 is 4.79 Å². The van der Waals surface area contributed by atoms with Crippen LogP contribution in [0.5, 0.6) is 0 Å². The Morgan fingerprint density at radius 2 is 2.35 bits per heavy atom. The molecule has 0 atom stereocenters. The quantitative estimate of drug-likeness (QED) is 0.771. The highest BCUT2D eigenvalue weighted by molar-refractivity contribution is 8.00. The topological polar surface area (TPSA) is 44.1 Å². The number of carbonyl (C=O) groups excluding carboxylic acids is 1. The molecule has 0 heterocycles. The lowest BCUT2D eigenvalue weighted by molar-refractivity contribution is -0.127.